The highest BCUT2D eigenvalue weighted by atomic mass is 32.2. The minimum Gasteiger partial charge on any atom is -0.256 e. The van der Waals surface area contributed by atoms with Gasteiger partial charge < -0.3 is 0 Å². The Balaban J connectivity index is 1.22. The van der Waals surface area contributed by atoms with Gasteiger partial charge in [-0.3, -0.25) is 9.98 Å². The lowest BCUT2D eigenvalue weighted by Gasteiger charge is -2.16. The summed E-state index contributed by atoms with van der Waals surface area (Å²) in [6.07, 6.45) is 8.17. The zero-order valence-corrected chi connectivity index (χ0v) is 28.7. The number of aryl methyl sites for hydroxylation is 2. The Morgan fingerprint density at radius 1 is 0.522 bits per heavy atom. The fraction of sp³-hybridized carbons (Fsp3) is 0.0952. The van der Waals surface area contributed by atoms with Gasteiger partial charge in [0.1, 0.15) is 0 Å². The molecule has 0 saturated carbocycles. The highest BCUT2D eigenvalue weighted by molar-refractivity contribution is 8.27. The van der Waals surface area contributed by atoms with Crippen LogP contribution in [0.15, 0.2) is 129 Å². The van der Waals surface area contributed by atoms with Crippen molar-refractivity contribution in [2.75, 3.05) is 12.5 Å². The van der Waals surface area contributed by atoms with E-state index in [2.05, 4.69) is 159 Å². The monoisotopic (exact) mass is 636 g/mol. The van der Waals surface area contributed by atoms with Crippen molar-refractivity contribution < 1.29 is 0 Å². The molecular formula is C42H40N2S2. The second kappa shape index (κ2) is 12.3. The number of hydrogen-bond donors (Lipinski definition) is 0. The highest BCUT2D eigenvalue weighted by Crippen LogP contribution is 2.41. The van der Waals surface area contributed by atoms with Crippen molar-refractivity contribution in [2.45, 2.75) is 23.6 Å². The lowest BCUT2D eigenvalue weighted by Crippen LogP contribution is -1.93. The predicted molar refractivity (Wildman–Crippen MR) is 216 cm³/mol. The van der Waals surface area contributed by atoms with Gasteiger partial charge in [-0.05, 0) is 106 Å². The van der Waals surface area contributed by atoms with E-state index in [1.165, 1.54) is 42.5 Å². The summed E-state index contributed by atoms with van der Waals surface area (Å²) in [6, 6.07) is 38.3. The van der Waals surface area contributed by atoms with Gasteiger partial charge in [0.2, 0.25) is 0 Å². The first kappa shape index (κ1) is 31.3. The van der Waals surface area contributed by atoms with Crippen LogP contribution in [0.2, 0.25) is 0 Å². The summed E-state index contributed by atoms with van der Waals surface area (Å²) in [5.41, 5.74) is 8.69. The van der Waals surface area contributed by atoms with Crippen LogP contribution in [0.4, 0.5) is 11.4 Å². The van der Waals surface area contributed by atoms with E-state index in [0.717, 1.165) is 33.6 Å². The molecule has 0 radical (unpaired) electrons. The Kier molecular flexibility index (Phi) is 8.37. The second-order valence-electron chi connectivity index (χ2n) is 12.4. The minimum atomic E-state index is -1.41. The third-order valence-electron chi connectivity index (χ3n) is 8.44. The van der Waals surface area contributed by atoms with Crippen molar-refractivity contribution in [2.24, 2.45) is 9.98 Å². The first-order chi connectivity index (χ1) is 21.9. The highest BCUT2D eigenvalue weighted by Gasteiger charge is 2.11. The molecule has 0 atom stereocenters. The molecule has 0 aromatic heterocycles. The molecule has 4 heteroatoms. The number of nitrogens with zero attached hydrogens (tertiary/aromatic N) is 2. The Hall–Kier alpha value is -4.64. The predicted octanol–water partition coefficient (Wildman–Crippen LogP) is 11.1. The summed E-state index contributed by atoms with van der Waals surface area (Å²) < 4.78 is 0. The van der Waals surface area contributed by atoms with Crippen molar-refractivity contribution in [3.63, 3.8) is 0 Å². The van der Waals surface area contributed by atoms with Crippen molar-refractivity contribution in [1.29, 1.82) is 0 Å². The van der Waals surface area contributed by atoms with E-state index < -0.39 is 18.4 Å². The molecule has 0 heterocycles. The fourth-order valence-electron chi connectivity index (χ4n) is 5.85. The van der Waals surface area contributed by atoms with Gasteiger partial charge in [-0.25, -0.2) is 0 Å². The van der Waals surface area contributed by atoms with Crippen molar-refractivity contribution in [3.8, 4) is 11.1 Å². The van der Waals surface area contributed by atoms with Crippen LogP contribution in [0.25, 0.3) is 32.7 Å². The molecule has 230 valence electrons. The van der Waals surface area contributed by atoms with E-state index in [9.17, 15) is 0 Å². The average molecular weight is 637 g/mol. The number of fused-ring (bicyclic) bond motifs is 2. The van der Waals surface area contributed by atoms with Crippen LogP contribution in [0.5, 0.6) is 0 Å². The molecule has 46 heavy (non-hydrogen) atoms. The van der Waals surface area contributed by atoms with Gasteiger partial charge in [0.05, 0.1) is 11.4 Å². The van der Waals surface area contributed by atoms with Crippen LogP contribution in [0.1, 0.15) is 22.3 Å². The summed E-state index contributed by atoms with van der Waals surface area (Å²) in [5, 5.41) is 4.89. The quantitative estimate of drug-likeness (QED) is 0.123. The van der Waals surface area contributed by atoms with Crippen molar-refractivity contribution in [1.82, 2.24) is 0 Å². The van der Waals surface area contributed by atoms with Gasteiger partial charge in [-0.2, -0.15) is 18.4 Å². The maximum Gasteiger partial charge on any atom is 0.0676 e. The maximum atomic E-state index is 4.91. The average Bonchev–Trinajstić information content (AvgIpc) is 3.04. The van der Waals surface area contributed by atoms with Gasteiger partial charge in [0.25, 0.3) is 0 Å². The molecule has 6 aromatic rings. The van der Waals surface area contributed by atoms with E-state index in [-0.39, 0.29) is 0 Å². The van der Waals surface area contributed by atoms with E-state index >= 15 is 0 Å². The van der Waals surface area contributed by atoms with Crippen LogP contribution >= 0.6 is 18.4 Å². The zero-order chi connectivity index (χ0) is 32.6. The summed E-state index contributed by atoms with van der Waals surface area (Å²) >= 11 is 0. The topological polar surface area (TPSA) is 24.7 Å². The van der Waals surface area contributed by atoms with E-state index in [0.29, 0.717) is 0 Å². The molecule has 6 rings (SSSR count). The zero-order valence-electron chi connectivity index (χ0n) is 27.1. The molecule has 0 fully saturated rings. The Morgan fingerprint density at radius 2 is 1.00 bits per heavy atom. The van der Waals surface area contributed by atoms with Gasteiger partial charge in [-0.15, -0.1) is 0 Å². The molecule has 0 aliphatic heterocycles. The minimum absolute atomic E-state index is 0.911. The largest absolute Gasteiger partial charge is 0.256 e. The summed E-state index contributed by atoms with van der Waals surface area (Å²) in [4.78, 5) is 12.1. The third-order valence-corrected chi connectivity index (χ3v) is 11.2. The number of aliphatic imine (C=N–C) groups is 2. The maximum absolute atomic E-state index is 4.91. The Labute approximate surface area is 274 Å². The summed E-state index contributed by atoms with van der Waals surface area (Å²) in [7, 11) is -2.81. The van der Waals surface area contributed by atoms with Crippen LogP contribution in [0.3, 0.4) is 0 Å². The molecule has 0 saturated heterocycles. The lowest BCUT2D eigenvalue weighted by molar-refractivity contribution is 1.39. The van der Waals surface area contributed by atoms with Gasteiger partial charge >= 0.3 is 0 Å². The van der Waals surface area contributed by atoms with Crippen LogP contribution in [0, 0.1) is 13.8 Å². The molecular weight excluding hydrogens is 597 g/mol. The summed E-state index contributed by atoms with van der Waals surface area (Å²) in [6.45, 7) is 4.29. The van der Waals surface area contributed by atoms with Gasteiger partial charge in [0, 0.05) is 22.2 Å². The fourth-order valence-corrected chi connectivity index (χ4v) is 8.08. The van der Waals surface area contributed by atoms with E-state index in [1.54, 1.807) is 0 Å². The first-order valence-corrected chi connectivity index (χ1v) is 19.9. The second-order valence-corrected chi connectivity index (χ2v) is 18.4. The Morgan fingerprint density at radius 3 is 1.54 bits per heavy atom. The molecule has 0 aliphatic rings. The molecule has 0 aliphatic carbocycles. The van der Waals surface area contributed by atoms with Crippen LogP contribution in [-0.2, 0) is 0 Å². The molecule has 0 N–H and O–H groups in total. The van der Waals surface area contributed by atoms with Crippen molar-refractivity contribution in [3.05, 3.63) is 131 Å². The van der Waals surface area contributed by atoms with Gasteiger partial charge in [-0.1, -0.05) is 108 Å². The number of benzene rings is 6. The first-order valence-electron chi connectivity index (χ1n) is 15.1. The molecule has 0 spiro atoms. The Bertz CT molecular complexity index is 2220. The molecule has 0 bridgehead atoms. The van der Waals surface area contributed by atoms with Crippen molar-refractivity contribution >= 4 is 87.2 Å². The molecule has 0 amide bonds. The lowest BCUT2D eigenvalue weighted by atomic mass is 10.0. The number of rotatable bonds is 7. The van der Waals surface area contributed by atoms with E-state index in [4.69, 9.17) is 9.98 Å². The number of hydrogen-bond acceptors (Lipinski definition) is 2. The normalized spacial score (nSPS) is 12.5. The molecule has 2 nitrogen and oxygen atoms in total. The smallest absolute Gasteiger partial charge is 0.0676 e. The molecule has 0 unspecified atom stereocenters. The van der Waals surface area contributed by atoms with Crippen LogP contribution in [-0.4, -0.2) is 48.4 Å². The standard InChI is InChI=1S/C42H40N2S2/c1-29-34(25-41(45(3,4)5)38-15-11-9-13-36(29)38)28-43-35-23-21-33(22-24-35)32-19-17-31(18-20-32)27-44-40-26-42(46(6,7)8)39-16-12-10-14-37(39)30(40)2/h9-28H,3-4,6-7H2,1-2,5,8H3/b43-28+,44-27+. The van der Waals surface area contributed by atoms with E-state index in [1.807, 2.05) is 12.4 Å². The van der Waals surface area contributed by atoms with Crippen LogP contribution < -0.4 is 0 Å². The third kappa shape index (κ3) is 6.37. The summed E-state index contributed by atoms with van der Waals surface area (Å²) in [5.74, 6) is 17.5. The molecule has 6 aromatic carbocycles. The van der Waals surface area contributed by atoms with Gasteiger partial charge in [0.15, 0.2) is 0 Å². The SMILES string of the molecule is C=S(=C)(C)c1cc(/C=N/c2ccc(-c3ccc(/C=N/c4cc(S(=C)(=C)C)c5ccccc5c4C)cc3)cc2)c(C)c2ccccc12.